The molecular weight excluding hydrogens is 256 g/mol. The molecule has 6 nitrogen and oxygen atoms in total. The molecule has 2 atom stereocenters. The Morgan fingerprint density at radius 1 is 1.50 bits per heavy atom. The normalized spacial score (nSPS) is 21.9. The second kappa shape index (κ2) is 5.54. The Bertz CT molecular complexity index is 519. The molecule has 0 aromatic carbocycles. The monoisotopic (exact) mass is 280 g/mol. The predicted octanol–water partition coefficient (Wildman–Crippen LogP) is 0.551. The van der Waals surface area contributed by atoms with Crippen molar-refractivity contribution in [2.75, 3.05) is 24.6 Å². The van der Waals surface area contributed by atoms with E-state index in [1.54, 1.807) is 17.0 Å². The number of ether oxygens (including phenoxy) is 1. The van der Waals surface area contributed by atoms with Crippen LogP contribution in [0.4, 0.5) is 5.82 Å². The highest BCUT2D eigenvalue weighted by molar-refractivity contribution is 5.36. The molecule has 0 radical (unpaired) electrons. The van der Waals surface area contributed by atoms with E-state index in [-0.39, 0.29) is 23.2 Å². The van der Waals surface area contributed by atoms with Crippen LogP contribution in [0.1, 0.15) is 27.7 Å². The van der Waals surface area contributed by atoms with Crippen LogP contribution in [-0.4, -0.2) is 41.4 Å². The van der Waals surface area contributed by atoms with E-state index < -0.39 is 0 Å². The Hall–Kier alpha value is -1.40. The molecule has 1 fully saturated rings. The first kappa shape index (κ1) is 15.0. The molecule has 112 valence electrons. The lowest BCUT2D eigenvalue weighted by molar-refractivity contribution is 0.0272. The van der Waals surface area contributed by atoms with Crippen molar-refractivity contribution in [3.05, 3.63) is 22.7 Å². The molecule has 1 aliphatic rings. The number of hydrogen-bond donors (Lipinski definition) is 1. The number of hydrogen-bond acceptors (Lipinski definition) is 5. The van der Waals surface area contributed by atoms with Crippen molar-refractivity contribution in [1.82, 2.24) is 9.55 Å². The molecule has 2 rings (SSSR count). The minimum Gasteiger partial charge on any atom is -0.373 e. The van der Waals surface area contributed by atoms with Crippen molar-refractivity contribution in [2.24, 2.45) is 5.73 Å². The highest BCUT2D eigenvalue weighted by atomic mass is 16.5. The van der Waals surface area contributed by atoms with Gasteiger partial charge in [-0.05, 0) is 27.7 Å². The fourth-order valence-electron chi connectivity index (χ4n) is 2.33. The fraction of sp³-hybridized carbons (Fsp3) is 0.714. The predicted molar refractivity (Wildman–Crippen MR) is 79.1 cm³/mol. The SMILES string of the molecule is CC(N)C1CN(c2nccn(C(C)(C)C)c2=O)CCO1. The Morgan fingerprint density at radius 3 is 2.80 bits per heavy atom. The van der Waals surface area contributed by atoms with Crippen LogP contribution in [0.2, 0.25) is 0 Å². The van der Waals surface area contributed by atoms with Gasteiger partial charge in [-0.2, -0.15) is 0 Å². The first-order valence-electron chi connectivity index (χ1n) is 7.01. The topological polar surface area (TPSA) is 73.4 Å². The summed E-state index contributed by atoms with van der Waals surface area (Å²) in [5.74, 6) is 0.483. The lowest BCUT2D eigenvalue weighted by Gasteiger charge is -2.35. The molecular formula is C14H24N4O2. The maximum atomic E-state index is 12.6. The number of nitrogens with two attached hydrogens (primary N) is 1. The first-order chi connectivity index (χ1) is 9.30. The van der Waals surface area contributed by atoms with E-state index in [0.717, 1.165) is 0 Å². The molecule has 0 saturated carbocycles. The molecule has 1 aromatic rings. The van der Waals surface area contributed by atoms with Crippen LogP contribution < -0.4 is 16.2 Å². The smallest absolute Gasteiger partial charge is 0.293 e. The zero-order valence-electron chi connectivity index (χ0n) is 12.7. The highest BCUT2D eigenvalue weighted by Gasteiger charge is 2.27. The molecule has 2 N–H and O–H groups in total. The van der Waals surface area contributed by atoms with Gasteiger partial charge in [0.25, 0.3) is 5.56 Å². The van der Waals surface area contributed by atoms with Crippen molar-refractivity contribution in [1.29, 1.82) is 0 Å². The number of aromatic nitrogens is 2. The van der Waals surface area contributed by atoms with Crippen LogP contribution in [0.3, 0.4) is 0 Å². The van der Waals surface area contributed by atoms with Gasteiger partial charge in [-0.3, -0.25) is 4.79 Å². The molecule has 1 saturated heterocycles. The summed E-state index contributed by atoms with van der Waals surface area (Å²) >= 11 is 0. The van der Waals surface area contributed by atoms with Crippen LogP contribution in [0.25, 0.3) is 0 Å². The third kappa shape index (κ3) is 3.02. The van der Waals surface area contributed by atoms with E-state index in [4.69, 9.17) is 10.5 Å². The molecule has 0 amide bonds. The molecule has 0 aliphatic carbocycles. The van der Waals surface area contributed by atoms with Gasteiger partial charge in [-0.1, -0.05) is 0 Å². The summed E-state index contributed by atoms with van der Waals surface area (Å²) in [7, 11) is 0. The molecule has 0 spiro atoms. The number of anilines is 1. The van der Waals surface area contributed by atoms with Gasteiger partial charge in [0.1, 0.15) is 0 Å². The third-order valence-electron chi connectivity index (χ3n) is 3.52. The van der Waals surface area contributed by atoms with Crippen LogP contribution >= 0.6 is 0 Å². The average Bonchev–Trinajstić information content (AvgIpc) is 2.37. The lowest BCUT2D eigenvalue weighted by atomic mass is 10.1. The van der Waals surface area contributed by atoms with Crippen LogP contribution in [0.5, 0.6) is 0 Å². The maximum Gasteiger partial charge on any atom is 0.293 e. The van der Waals surface area contributed by atoms with Crippen LogP contribution in [0.15, 0.2) is 17.2 Å². The van der Waals surface area contributed by atoms with Crippen molar-refractivity contribution in [3.8, 4) is 0 Å². The molecule has 6 heteroatoms. The van der Waals surface area contributed by atoms with Gasteiger partial charge in [-0.25, -0.2) is 4.98 Å². The zero-order chi connectivity index (χ0) is 14.9. The second-order valence-corrected chi connectivity index (χ2v) is 6.31. The Kier molecular flexibility index (Phi) is 4.15. The van der Waals surface area contributed by atoms with E-state index >= 15 is 0 Å². The van der Waals surface area contributed by atoms with Gasteiger partial charge >= 0.3 is 0 Å². The van der Waals surface area contributed by atoms with Crippen LogP contribution in [0, 0.1) is 0 Å². The fourth-order valence-corrected chi connectivity index (χ4v) is 2.33. The average molecular weight is 280 g/mol. The molecule has 1 aliphatic heterocycles. The highest BCUT2D eigenvalue weighted by Crippen LogP contribution is 2.15. The summed E-state index contributed by atoms with van der Waals surface area (Å²) in [6, 6.07) is -0.0636. The Balaban J connectivity index is 2.32. The summed E-state index contributed by atoms with van der Waals surface area (Å²) < 4.78 is 7.34. The van der Waals surface area contributed by atoms with Gasteiger partial charge in [0.2, 0.25) is 0 Å². The number of nitrogens with zero attached hydrogens (tertiary/aromatic N) is 3. The van der Waals surface area contributed by atoms with E-state index in [0.29, 0.717) is 25.5 Å². The number of morpholine rings is 1. The summed E-state index contributed by atoms with van der Waals surface area (Å²) in [6.45, 7) is 9.76. The minimum absolute atomic E-state index is 0.0618. The van der Waals surface area contributed by atoms with Crippen molar-refractivity contribution >= 4 is 5.82 Å². The Morgan fingerprint density at radius 2 is 2.20 bits per heavy atom. The molecule has 2 unspecified atom stereocenters. The van der Waals surface area contributed by atoms with Gasteiger partial charge in [0.15, 0.2) is 5.82 Å². The molecule has 20 heavy (non-hydrogen) atoms. The standard InChI is InChI=1S/C14H24N4O2/c1-10(15)11-9-17(7-8-20-11)12-13(19)18(6-5-16-12)14(2,3)4/h5-6,10-11H,7-9,15H2,1-4H3. The molecule has 1 aromatic heterocycles. The molecule has 0 bridgehead atoms. The quantitative estimate of drug-likeness (QED) is 0.856. The lowest BCUT2D eigenvalue weighted by Crippen LogP contribution is -2.51. The van der Waals surface area contributed by atoms with E-state index in [2.05, 4.69) is 4.98 Å². The second-order valence-electron chi connectivity index (χ2n) is 6.31. The van der Waals surface area contributed by atoms with Gasteiger partial charge < -0.3 is 19.9 Å². The van der Waals surface area contributed by atoms with Crippen LogP contribution in [-0.2, 0) is 10.3 Å². The van der Waals surface area contributed by atoms with Gasteiger partial charge in [0.05, 0.1) is 12.7 Å². The number of rotatable bonds is 2. The summed E-state index contributed by atoms with van der Waals surface area (Å²) in [6.07, 6.45) is 3.35. The third-order valence-corrected chi connectivity index (χ3v) is 3.52. The van der Waals surface area contributed by atoms with E-state index in [1.807, 2.05) is 32.6 Å². The van der Waals surface area contributed by atoms with Crippen molar-refractivity contribution in [2.45, 2.75) is 45.4 Å². The van der Waals surface area contributed by atoms with E-state index in [1.165, 1.54) is 0 Å². The van der Waals surface area contributed by atoms with Gasteiger partial charge in [0, 0.05) is 37.1 Å². The minimum atomic E-state index is -0.262. The molecule has 2 heterocycles. The first-order valence-corrected chi connectivity index (χ1v) is 7.01. The van der Waals surface area contributed by atoms with Gasteiger partial charge in [-0.15, -0.1) is 0 Å². The van der Waals surface area contributed by atoms with E-state index in [9.17, 15) is 4.79 Å². The largest absolute Gasteiger partial charge is 0.373 e. The van der Waals surface area contributed by atoms with Crippen molar-refractivity contribution in [3.63, 3.8) is 0 Å². The summed E-state index contributed by atoms with van der Waals surface area (Å²) in [5.41, 5.74) is 5.56. The zero-order valence-corrected chi connectivity index (χ0v) is 12.7. The Labute approximate surface area is 119 Å². The summed E-state index contributed by atoms with van der Waals surface area (Å²) in [5, 5.41) is 0. The maximum absolute atomic E-state index is 12.6. The van der Waals surface area contributed by atoms with Crippen molar-refractivity contribution < 1.29 is 4.74 Å². The summed E-state index contributed by atoms with van der Waals surface area (Å²) in [4.78, 5) is 18.8.